The van der Waals surface area contributed by atoms with E-state index in [0.29, 0.717) is 0 Å². The Morgan fingerprint density at radius 1 is 1.28 bits per heavy atom. The average molecular weight is 423 g/mol. The summed E-state index contributed by atoms with van der Waals surface area (Å²) in [5.41, 5.74) is -0.0544. The molecule has 29 heavy (non-hydrogen) atoms. The minimum absolute atomic E-state index is 0.127. The van der Waals surface area contributed by atoms with Crippen LogP contribution in [0.15, 0.2) is 45.9 Å². The predicted octanol–water partition coefficient (Wildman–Crippen LogP) is 1.81. The zero-order valence-corrected chi connectivity index (χ0v) is 16.0. The molecule has 1 aromatic heterocycles. The second kappa shape index (κ2) is 8.01. The number of nitrogens with zero attached hydrogens (tertiary/aromatic N) is 1. The van der Waals surface area contributed by atoms with Crippen LogP contribution in [-0.2, 0) is 19.6 Å². The Morgan fingerprint density at radius 3 is 2.66 bits per heavy atom. The molecular weight excluding hydrogens is 406 g/mol. The first-order chi connectivity index (χ1) is 13.7. The summed E-state index contributed by atoms with van der Waals surface area (Å²) in [6.07, 6.45) is 0.217. The van der Waals surface area contributed by atoms with Crippen LogP contribution < -0.4 is 10.0 Å². The third kappa shape index (κ3) is 5.18. The van der Waals surface area contributed by atoms with Crippen molar-refractivity contribution in [3.05, 3.63) is 52.3 Å². The van der Waals surface area contributed by atoms with E-state index < -0.39 is 38.0 Å². The molecule has 0 aliphatic heterocycles. The van der Waals surface area contributed by atoms with Crippen molar-refractivity contribution < 1.29 is 32.1 Å². The van der Waals surface area contributed by atoms with Crippen molar-refractivity contribution in [2.75, 3.05) is 5.32 Å². The molecule has 1 fully saturated rings. The number of hydrogen-bond donors (Lipinski definition) is 2. The second-order valence-corrected chi connectivity index (χ2v) is 8.00. The minimum Gasteiger partial charge on any atom is -0.447 e. The first kappa shape index (κ1) is 20.5. The van der Waals surface area contributed by atoms with Gasteiger partial charge in [-0.05, 0) is 38.0 Å². The van der Waals surface area contributed by atoms with Crippen LogP contribution in [0.3, 0.4) is 0 Å². The van der Waals surface area contributed by atoms with Crippen LogP contribution in [0.1, 0.15) is 30.3 Å². The summed E-state index contributed by atoms with van der Waals surface area (Å²) in [5.74, 6) is -2.13. The van der Waals surface area contributed by atoms with E-state index in [1.165, 1.54) is 25.1 Å². The average Bonchev–Trinajstić information content (AvgIpc) is 3.31. The molecule has 0 radical (unpaired) electrons. The van der Waals surface area contributed by atoms with Gasteiger partial charge in [-0.25, -0.2) is 17.9 Å². The fourth-order valence-electron chi connectivity index (χ4n) is 2.27. The van der Waals surface area contributed by atoms with Gasteiger partial charge < -0.3 is 14.5 Å². The summed E-state index contributed by atoms with van der Waals surface area (Å²) in [7, 11) is -3.87. The fourth-order valence-corrected chi connectivity index (χ4v) is 3.50. The van der Waals surface area contributed by atoms with Gasteiger partial charge >= 0.3 is 5.97 Å². The summed E-state index contributed by atoms with van der Waals surface area (Å²) in [6, 6.07) is 7.38. The number of ether oxygens (including phenoxy) is 1. The highest BCUT2D eigenvalue weighted by atomic mass is 32.2. The summed E-state index contributed by atoms with van der Waals surface area (Å²) < 4.78 is 36.6. The lowest BCUT2D eigenvalue weighted by Gasteiger charge is -2.12. The van der Waals surface area contributed by atoms with Crippen molar-refractivity contribution in [3.63, 3.8) is 0 Å². The van der Waals surface area contributed by atoms with Gasteiger partial charge in [-0.15, -0.1) is 0 Å². The number of furan rings is 1. The van der Waals surface area contributed by atoms with Crippen molar-refractivity contribution in [2.45, 2.75) is 37.0 Å². The van der Waals surface area contributed by atoms with E-state index in [-0.39, 0.29) is 23.2 Å². The number of nitrogens with one attached hydrogen (secondary N) is 2. The Kier molecular flexibility index (Phi) is 5.66. The van der Waals surface area contributed by atoms with Crippen LogP contribution in [0.5, 0.6) is 0 Å². The molecular formula is C17H17N3O8S. The number of hydrogen-bond acceptors (Lipinski definition) is 8. The summed E-state index contributed by atoms with van der Waals surface area (Å²) in [4.78, 5) is 34.5. The van der Waals surface area contributed by atoms with Crippen LogP contribution in [0.2, 0.25) is 0 Å². The Morgan fingerprint density at radius 2 is 2.00 bits per heavy atom. The molecule has 1 heterocycles. The monoisotopic (exact) mass is 423 g/mol. The lowest BCUT2D eigenvalue weighted by Crippen LogP contribution is -2.30. The van der Waals surface area contributed by atoms with Crippen molar-refractivity contribution in [2.24, 2.45) is 0 Å². The third-order valence-corrected chi connectivity index (χ3v) is 5.32. The van der Waals surface area contributed by atoms with Gasteiger partial charge in [0.25, 0.3) is 21.6 Å². The predicted molar refractivity (Wildman–Crippen MR) is 98.7 cm³/mol. The van der Waals surface area contributed by atoms with Gasteiger partial charge in [-0.3, -0.25) is 14.9 Å². The Bertz CT molecular complexity index is 1060. The quantitative estimate of drug-likeness (QED) is 0.369. The highest BCUT2D eigenvalue weighted by Gasteiger charge is 2.31. The molecule has 1 atom stereocenters. The maximum Gasteiger partial charge on any atom is 0.375 e. The third-order valence-electron chi connectivity index (χ3n) is 3.92. The van der Waals surface area contributed by atoms with E-state index in [1.807, 2.05) is 0 Å². The Hall–Kier alpha value is -3.25. The van der Waals surface area contributed by atoms with Crippen LogP contribution in [0, 0.1) is 10.1 Å². The van der Waals surface area contributed by atoms with E-state index in [4.69, 9.17) is 9.15 Å². The molecule has 3 rings (SSSR count). The van der Waals surface area contributed by atoms with Crippen molar-refractivity contribution in [1.29, 1.82) is 0 Å². The molecule has 11 nitrogen and oxygen atoms in total. The van der Waals surface area contributed by atoms with Crippen LogP contribution >= 0.6 is 0 Å². The summed E-state index contributed by atoms with van der Waals surface area (Å²) in [5, 5.41) is 12.7. The number of benzene rings is 1. The molecule has 154 valence electrons. The number of carbonyl (C=O) groups is 2. The topological polar surface area (TPSA) is 158 Å². The first-order valence-electron chi connectivity index (χ1n) is 8.54. The maximum absolute atomic E-state index is 12.2. The van der Waals surface area contributed by atoms with Gasteiger partial charge in [0.2, 0.25) is 10.9 Å². The second-order valence-electron chi connectivity index (χ2n) is 6.36. The Labute approximate surface area is 165 Å². The van der Waals surface area contributed by atoms with Gasteiger partial charge in [0.1, 0.15) is 0 Å². The molecule has 0 bridgehead atoms. The first-order valence-corrected chi connectivity index (χ1v) is 10.0. The van der Waals surface area contributed by atoms with Gasteiger partial charge in [0.15, 0.2) is 6.10 Å². The smallest absolute Gasteiger partial charge is 0.375 e. The highest BCUT2D eigenvalue weighted by molar-refractivity contribution is 7.89. The minimum atomic E-state index is -3.87. The SMILES string of the molecule is CC(OC(=O)c1ccc(S(=O)(=O)NC2CC2)o1)C(=O)Nc1cccc([N+](=O)[O-])c1. The van der Waals surface area contributed by atoms with Crippen molar-refractivity contribution in [1.82, 2.24) is 4.72 Å². The number of anilines is 1. The summed E-state index contributed by atoms with van der Waals surface area (Å²) in [6.45, 7) is 1.29. The van der Waals surface area contributed by atoms with Gasteiger partial charge in [0, 0.05) is 23.9 Å². The molecule has 0 spiro atoms. The number of non-ortho nitro benzene ring substituents is 1. The fraction of sp³-hybridized carbons (Fsp3) is 0.294. The molecule has 1 unspecified atom stereocenters. The number of nitro groups is 1. The molecule has 0 saturated heterocycles. The molecule has 2 N–H and O–H groups in total. The van der Waals surface area contributed by atoms with E-state index >= 15 is 0 Å². The number of rotatable bonds is 8. The number of amides is 1. The molecule has 1 aromatic carbocycles. The molecule has 12 heteroatoms. The lowest BCUT2D eigenvalue weighted by molar-refractivity contribution is -0.384. The van der Waals surface area contributed by atoms with E-state index in [2.05, 4.69) is 10.0 Å². The Balaban J connectivity index is 1.60. The molecule has 2 aromatic rings. The zero-order chi connectivity index (χ0) is 21.2. The molecule has 1 aliphatic rings. The van der Waals surface area contributed by atoms with E-state index in [9.17, 15) is 28.1 Å². The highest BCUT2D eigenvalue weighted by Crippen LogP contribution is 2.23. The van der Waals surface area contributed by atoms with Crippen molar-refractivity contribution in [3.8, 4) is 0 Å². The van der Waals surface area contributed by atoms with Gasteiger partial charge in [-0.2, -0.15) is 0 Å². The maximum atomic E-state index is 12.2. The normalized spacial score (nSPS) is 14.8. The number of nitro benzene ring substituents is 1. The van der Waals surface area contributed by atoms with Crippen LogP contribution in [-0.4, -0.2) is 37.4 Å². The molecule has 1 saturated carbocycles. The largest absolute Gasteiger partial charge is 0.447 e. The number of sulfonamides is 1. The zero-order valence-electron chi connectivity index (χ0n) is 15.2. The van der Waals surface area contributed by atoms with Gasteiger partial charge in [-0.1, -0.05) is 6.07 Å². The van der Waals surface area contributed by atoms with Crippen molar-refractivity contribution >= 4 is 33.3 Å². The van der Waals surface area contributed by atoms with E-state index in [1.54, 1.807) is 0 Å². The van der Waals surface area contributed by atoms with Gasteiger partial charge in [0.05, 0.1) is 4.92 Å². The lowest BCUT2D eigenvalue weighted by atomic mass is 10.2. The number of carbonyl (C=O) groups excluding carboxylic acids is 2. The van der Waals surface area contributed by atoms with Crippen LogP contribution in [0.4, 0.5) is 11.4 Å². The summed E-state index contributed by atoms with van der Waals surface area (Å²) >= 11 is 0. The molecule has 1 amide bonds. The van der Waals surface area contributed by atoms with E-state index in [0.717, 1.165) is 31.0 Å². The number of esters is 1. The standard InChI is InChI=1S/C17H17N3O8S/c1-10(16(21)18-12-3-2-4-13(9-12)20(23)24)27-17(22)14-7-8-15(28-14)29(25,26)19-11-5-6-11/h2-4,7-11,19H,5-6H2,1H3,(H,18,21). The molecule has 1 aliphatic carbocycles. The van der Waals surface area contributed by atoms with Crippen LogP contribution in [0.25, 0.3) is 0 Å².